The molecular formula is C12H22N6O3. The zero-order valence-electron chi connectivity index (χ0n) is 12.1. The van der Waals surface area contributed by atoms with Crippen molar-refractivity contribution in [3.05, 3.63) is 0 Å². The first-order valence-electron chi connectivity index (χ1n) is 7.03. The summed E-state index contributed by atoms with van der Waals surface area (Å²) in [6, 6.07) is 0.197. The Balaban J connectivity index is 2.16. The number of aliphatic hydroxyl groups is 1. The maximum absolute atomic E-state index is 9.68. The lowest BCUT2D eigenvalue weighted by Gasteiger charge is -2.36. The second-order valence-electron chi connectivity index (χ2n) is 4.93. The lowest BCUT2D eigenvalue weighted by Crippen LogP contribution is -2.47. The Kier molecular flexibility index (Phi) is 5.48. The number of ether oxygens (including phenoxy) is 2. The summed E-state index contributed by atoms with van der Waals surface area (Å²) >= 11 is 0. The molecule has 5 N–H and O–H groups in total. The number of nitrogen functional groups attached to an aromatic ring is 1. The summed E-state index contributed by atoms with van der Waals surface area (Å²) in [5, 5.41) is 12.8. The van der Waals surface area contributed by atoms with Crippen LogP contribution in [0.5, 0.6) is 6.01 Å². The van der Waals surface area contributed by atoms with Crippen molar-refractivity contribution in [2.75, 3.05) is 37.2 Å². The Morgan fingerprint density at radius 3 is 2.62 bits per heavy atom. The van der Waals surface area contributed by atoms with Crippen molar-refractivity contribution in [1.82, 2.24) is 15.0 Å². The van der Waals surface area contributed by atoms with Gasteiger partial charge in [-0.3, -0.25) is 5.43 Å². The van der Waals surface area contributed by atoms with Gasteiger partial charge < -0.3 is 19.9 Å². The van der Waals surface area contributed by atoms with Crippen LogP contribution in [0.1, 0.15) is 26.2 Å². The number of nitrogens with one attached hydrogen (secondary N) is 2. The molecule has 0 saturated carbocycles. The second kappa shape index (κ2) is 7.34. The molecule has 21 heavy (non-hydrogen) atoms. The average Bonchev–Trinajstić information content (AvgIpc) is 2.53. The van der Waals surface area contributed by atoms with Gasteiger partial charge in [0.1, 0.15) is 0 Å². The predicted octanol–water partition coefficient (Wildman–Crippen LogP) is -0.101. The van der Waals surface area contributed by atoms with E-state index in [-0.39, 0.29) is 18.6 Å². The zero-order valence-corrected chi connectivity index (χ0v) is 12.1. The first kappa shape index (κ1) is 15.7. The molecule has 9 nitrogen and oxygen atoms in total. The average molecular weight is 298 g/mol. The Labute approximate surface area is 123 Å². The molecule has 0 unspecified atom stereocenters. The fourth-order valence-corrected chi connectivity index (χ4v) is 2.06. The van der Waals surface area contributed by atoms with Crippen LogP contribution >= 0.6 is 0 Å². The van der Waals surface area contributed by atoms with Crippen LogP contribution in [-0.2, 0) is 4.74 Å². The topological polar surface area (TPSA) is 127 Å². The molecule has 1 aliphatic heterocycles. The minimum Gasteiger partial charge on any atom is -0.463 e. The fourth-order valence-electron chi connectivity index (χ4n) is 2.06. The third kappa shape index (κ3) is 4.13. The van der Waals surface area contributed by atoms with Gasteiger partial charge in [-0.05, 0) is 19.3 Å². The number of hydrazine groups is 1. The van der Waals surface area contributed by atoms with Crippen molar-refractivity contribution in [3.8, 4) is 6.01 Å². The van der Waals surface area contributed by atoms with Gasteiger partial charge >= 0.3 is 6.01 Å². The molecule has 9 heteroatoms. The van der Waals surface area contributed by atoms with Crippen molar-refractivity contribution in [1.29, 1.82) is 0 Å². The number of rotatable bonds is 7. The van der Waals surface area contributed by atoms with Crippen LogP contribution in [0.2, 0.25) is 0 Å². The van der Waals surface area contributed by atoms with Gasteiger partial charge in [-0.25, -0.2) is 5.84 Å². The normalized spacial score (nSPS) is 17.3. The smallest absolute Gasteiger partial charge is 0.323 e. The molecular weight excluding hydrogens is 276 g/mol. The maximum Gasteiger partial charge on any atom is 0.323 e. The van der Waals surface area contributed by atoms with Gasteiger partial charge in [0.2, 0.25) is 11.9 Å². The molecule has 0 spiro atoms. The number of aromatic nitrogens is 3. The minimum atomic E-state index is -0.493. The molecule has 0 aromatic carbocycles. The predicted molar refractivity (Wildman–Crippen MR) is 76.9 cm³/mol. The Morgan fingerprint density at radius 1 is 1.29 bits per heavy atom. The third-order valence-electron chi connectivity index (χ3n) is 3.31. The molecule has 118 valence electrons. The van der Waals surface area contributed by atoms with Crippen LogP contribution in [0, 0.1) is 0 Å². The minimum absolute atomic E-state index is 0.0292. The van der Waals surface area contributed by atoms with Gasteiger partial charge in [-0.1, -0.05) is 6.92 Å². The van der Waals surface area contributed by atoms with Crippen LogP contribution in [0.15, 0.2) is 0 Å². The number of nitrogens with zero attached hydrogens (tertiary/aromatic N) is 3. The van der Waals surface area contributed by atoms with Crippen LogP contribution in [0.4, 0.5) is 11.9 Å². The van der Waals surface area contributed by atoms with E-state index in [2.05, 4.69) is 25.7 Å². The van der Waals surface area contributed by atoms with Crippen molar-refractivity contribution in [2.24, 2.45) is 5.84 Å². The van der Waals surface area contributed by atoms with Gasteiger partial charge in [-0.15, -0.1) is 0 Å². The Morgan fingerprint density at radius 2 is 2.00 bits per heavy atom. The van der Waals surface area contributed by atoms with Gasteiger partial charge in [0.15, 0.2) is 0 Å². The molecule has 1 fully saturated rings. The van der Waals surface area contributed by atoms with Crippen molar-refractivity contribution < 1.29 is 14.6 Å². The summed E-state index contributed by atoms with van der Waals surface area (Å²) in [5.74, 6) is 5.89. The van der Waals surface area contributed by atoms with Crippen molar-refractivity contribution in [3.63, 3.8) is 0 Å². The lowest BCUT2D eigenvalue weighted by molar-refractivity contribution is 0.0376. The van der Waals surface area contributed by atoms with E-state index in [9.17, 15) is 5.11 Å². The van der Waals surface area contributed by atoms with E-state index in [0.29, 0.717) is 38.6 Å². The number of aliphatic hydroxyl groups excluding tert-OH is 1. The van der Waals surface area contributed by atoms with Gasteiger partial charge in [0, 0.05) is 13.2 Å². The lowest BCUT2D eigenvalue weighted by atomic mass is 9.91. The van der Waals surface area contributed by atoms with Crippen LogP contribution < -0.4 is 21.3 Å². The molecule has 2 heterocycles. The van der Waals surface area contributed by atoms with Gasteiger partial charge in [0.25, 0.3) is 0 Å². The third-order valence-corrected chi connectivity index (χ3v) is 3.31. The quantitative estimate of drug-likeness (QED) is 0.403. The molecule has 0 radical (unpaired) electrons. The van der Waals surface area contributed by atoms with E-state index in [1.807, 2.05) is 6.92 Å². The summed E-state index contributed by atoms with van der Waals surface area (Å²) in [6.07, 6.45) is 2.19. The highest BCUT2D eigenvalue weighted by Gasteiger charge is 2.33. The highest BCUT2D eigenvalue weighted by molar-refractivity contribution is 5.37. The highest BCUT2D eigenvalue weighted by atomic mass is 16.5. The molecule has 0 aliphatic carbocycles. The fraction of sp³-hybridized carbons (Fsp3) is 0.750. The van der Waals surface area contributed by atoms with Crippen LogP contribution in [0.25, 0.3) is 0 Å². The van der Waals surface area contributed by atoms with E-state index in [0.717, 1.165) is 6.42 Å². The molecule has 1 aromatic rings. The summed E-state index contributed by atoms with van der Waals surface area (Å²) in [7, 11) is 0. The molecule has 0 amide bonds. The maximum atomic E-state index is 9.68. The number of anilines is 2. The first-order valence-corrected chi connectivity index (χ1v) is 7.03. The van der Waals surface area contributed by atoms with Gasteiger partial charge in [-0.2, -0.15) is 15.0 Å². The zero-order chi connectivity index (χ0) is 15.1. The summed E-state index contributed by atoms with van der Waals surface area (Å²) in [5.41, 5.74) is 1.89. The highest BCUT2D eigenvalue weighted by Crippen LogP contribution is 2.25. The standard InChI is InChI=1S/C12H22N6O3/c1-2-5-21-11-15-9(14-10(16-11)18-13)17-12(8-19)3-6-20-7-4-12/h19H,2-8,13H2,1H3,(H2,14,15,16,17,18). The van der Waals surface area contributed by atoms with Crippen molar-refractivity contribution in [2.45, 2.75) is 31.7 Å². The van der Waals surface area contributed by atoms with E-state index < -0.39 is 5.54 Å². The molecule has 1 saturated heterocycles. The summed E-state index contributed by atoms with van der Waals surface area (Å²) < 4.78 is 10.7. The second-order valence-corrected chi connectivity index (χ2v) is 4.93. The number of hydrogen-bond acceptors (Lipinski definition) is 9. The van der Waals surface area contributed by atoms with E-state index in [4.69, 9.17) is 15.3 Å². The monoisotopic (exact) mass is 298 g/mol. The van der Waals surface area contributed by atoms with E-state index in [1.54, 1.807) is 0 Å². The number of nitrogens with two attached hydrogens (primary N) is 1. The van der Waals surface area contributed by atoms with Crippen LogP contribution in [-0.4, -0.2) is 52.0 Å². The summed E-state index contributed by atoms with van der Waals surface area (Å²) in [4.78, 5) is 12.4. The van der Waals surface area contributed by atoms with E-state index >= 15 is 0 Å². The van der Waals surface area contributed by atoms with Crippen LogP contribution in [0.3, 0.4) is 0 Å². The van der Waals surface area contributed by atoms with E-state index in [1.165, 1.54) is 0 Å². The molecule has 1 aromatic heterocycles. The first-order chi connectivity index (χ1) is 10.2. The molecule has 1 aliphatic rings. The molecule has 0 bridgehead atoms. The molecule has 0 atom stereocenters. The van der Waals surface area contributed by atoms with Crippen molar-refractivity contribution >= 4 is 11.9 Å². The SMILES string of the molecule is CCCOc1nc(NN)nc(NC2(CO)CCOCC2)n1. The number of hydrogen-bond donors (Lipinski definition) is 4. The Bertz CT molecular complexity index is 453. The largest absolute Gasteiger partial charge is 0.463 e. The Hall–Kier alpha value is -1.71. The van der Waals surface area contributed by atoms with Gasteiger partial charge in [0.05, 0.1) is 18.8 Å². The summed E-state index contributed by atoms with van der Waals surface area (Å²) in [6.45, 7) is 3.63. The molecule has 2 rings (SSSR count).